The Morgan fingerprint density at radius 1 is 0.423 bits per heavy atom. The number of hydrogen-bond acceptors (Lipinski definition) is 15. The van der Waals surface area contributed by atoms with Crippen molar-refractivity contribution in [1.29, 1.82) is 0 Å². The van der Waals surface area contributed by atoms with Gasteiger partial charge in [-0.15, -0.1) is 0 Å². The molecule has 0 aliphatic carbocycles. The van der Waals surface area contributed by atoms with Gasteiger partial charge in [-0.25, -0.2) is 14.4 Å². The van der Waals surface area contributed by atoms with Gasteiger partial charge in [0, 0.05) is 35.1 Å². The monoisotopic (exact) mass is 734 g/mol. The summed E-state index contributed by atoms with van der Waals surface area (Å²) < 4.78 is 66.0. The number of esters is 3. The fourth-order valence-electron chi connectivity index (χ4n) is 4.04. The summed E-state index contributed by atoms with van der Waals surface area (Å²) in [6.07, 6.45) is 3.29. The normalized spacial score (nSPS) is 10.7. The lowest BCUT2D eigenvalue weighted by Crippen LogP contribution is -2.15. The first-order valence-corrected chi connectivity index (χ1v) is 16.8. The van der Waals surface area contributed by atoms with E-state index in [2.05, 4.69) is 19.7 Å². The van der Waals surface area contributed by atoms with Crippen LogP contribution < -0.4 is 14.2 Å². The van der Waals surface area contributed by atoms with E-state index in [0.29, 0.717) is 63.5 Å². The number of fused-ring (bicyclic) bond motifs is 1. The maximum atomic E-state index is 11.1. The summed E-state index contributed by atoms with van der Waals surface area (Å²) in [6, 6.07) is 9.41. The van der Waals surface area contributed by atoms with E-state index in [9.17, 15) is 14.4 Å². The molecule has 2 rings (SSSR count). The highest BCUT2D eigenvalue weighted by atomic mass is 16.6. The summed E-state index contributed by atoms with van der Waals surface area (Å²) in [6.45, 7) is 14.8. The molecule has 288 valence electrons. The van der Waals surface area contributed by atoms with E-state index in [1.54, 1.807) is 6.07 Å². The molecule has 52 heavy (non-hydrogen) atoms. The second kappa shape index (κ2) is 29.1. The SMILES string of the molecule is C=CC(=O)OCCOCCOCCOc1cc(OCCOCCOCCOC(=O)C=C)c2ccccc2c1OCCOCCOCCOC(=O)C=C. The van der Waals surface area contributed by atoms with Crippen molar-refractivity contribution in [2.75, 3.05) is 119 Å². The van der Waals surface area contributed by atoms with Crippen LogP contribution in [0.2, 0.25) is 0 Å². The Labute approximate surface area is 304 Å². The fraction of sp³-hybridized carbons (Fsp3) is 0.486. The Morgan fingerprint density at radius 2 is 0.750 bits per heavy atom. The number of hydrogen-bond donors (Lipinski definition) is 0. The van der Waals surface area contributed by atoms with Crippen molar-refractivity contribution in [2.45, 2.75) is 0 Å². The fourth-order valence-corrected chi connectivity index (χ4v) is 4.04. The van der Waals surface area contributed by atoms with Crippen molar-refractivity contribution < 1.29 is 71.2 Å². The molecule has 15 nitrogen and oxygen atoms in total. The van der Waals surface area contributed by atoms with Gasteiger partial charge in [0.25, 0.3) is 0 Å². The van der Waals surface area contributed by atoms with E-state index < -0.39 is 17.9 Å². The van der Waals surface area contributed by atoms with Crippen molar-refractivity contribution in [3.8, 4) is 17.2 Å². The van der Waals surface area contributed by atoms with Crippen LogP contribution in [-0.4, -0.2) is 137 Å². The quantitative estimate of drug-likeness (QED) is 0.0454. The van der Waals surface area contributed by atoms with Gasteiger partial charge in [0.15, 0.2) is 11.5 Å². The Kier molecular flexibility index (Phi) is 24.4. The molecule has 0 saturated heterocycles. The molecule has 0 unspecified atom stereocenters. The predicted octanol–water partition coefficient (Wildman–Crippen LogP) is 3.26. The van der Waals surface area contributed by atoms with E-state index in [1.807, 2.05) is 24.3 Å². The molecule has 0 heterocycles. The number of ether oxygens (including phenoxy) is 12. The smallest absolute Gasteiger partial charge is 0.330 e. The summed E-state index contributed by atoms with van der Waals surface area (Å²) in [5.41, 5.74) is 0. The van der Waals surface area contributed by atoms with E-state index in [-0.39, 0.29) is 72.7 Å². The standard InChI is InChI=1S/C37H50O15/c1-4-34(38)49-25-19-43-13-11-41-17-23-47-32-29-33(48-24-18-42-12-14-44-20-26-50-35(39)5-2)37(31-10-8-7-9-30(31)32)52-28-22-46-16-15-45-21-27-51-36(40)6-3/h4-10,29H,1-3,11-28H2. The van der Waals surface area contributed by atoms with Crippen molar-refractivity contribution in [3.05, 3.63) is 68.3 Å². The molecule has 2 aromatic carbocycles. The van der Waals surface area contributed by atoms with Crippen molar-refractivity contribution >= 4 is 28.7 Å². The molecule has 2 aromatic rings. The molecular weight excluding hydrogens is 684 g/mol. The molecule has 0 atom stereocenters. The van der Waals surface area contributed by atoms with Crippen LogP contribution in [0.1, 0.15) is 0 Å². The van der Waals surface area contributed by atoms with Crippen LogP contribution in [0.4, 0.5) is 0 Å². The summed E-state index contributed by atoms with van der Waals surface area (Å²) >= 11 is 0. The molecule has 0 aliphatic heterocycles. The van der Waals surface area contributed by atoms with Gasteiger partial charge in [-0.1, -0.05) is 44.0 Å². The van der Waals surface area contributed by atoms with Gasteiger partial charge in [-0.2, -0.15) is 0 Å². The van der Waals surface area contributed by atoms with Crippen LogP contribution in [0, 0.1) is 0 Å². The predicted molar refractivity (Wildman–Crippen MR) is 189 cm³/mol. The molecule has 0 fully saturated rings. The molecule has 15 heteroatoms. The second-order valence-electron chi connectivity index (χ2n) is 10.1. The summed E-state index contributed by atoms with van der Waals surface area (Å²) in [5, 5.41) is 1.60. The molecule has 0 aromatic heterocycles. The van der Waals surface area contributed by atoms with Gasteiger partial charge in [0.2, 0.25) is 0 Å². The minimum Gasteiger partial charge on any atom is -0.490 e. The van der Waals surface area contributed by atoms with Crippen LogP contribution in [-0.2, 0) is 57.0 Å². The third-order valence-electron chi connectivity index (χ3n) is 6.40. The Hall–Kier alpha value is -4.51. The molecule has 0 amide bonds. The van der Waals surface area contributed by atoms with Gasteiger partial charge in [-0.05, 0) is 0 Å². The number of carbonyl (C=O) groups is 3. The van der Waals surface area contributed by atoms with Crippen molar-refractivity contribution in [1.82, 2.24) is 0 Å². The first-order valence-electron chi connectivity index (χ1n) is 16.8. The van der Waals surface area contributed by atoms with Crippen LogP contribution in [0.15, 0.2) is 68.3 Å². The lowest BCUT2D eigenvalue weighted by molar-refractivity contribution is -0.140. The van der Waals surface area contributed by atoms with Gasteiger partial charge in [-0.3, -0.25) is 0 Å². The maximum Gasteiger partial charge on any atom is 0.330 e. The largest absolute Gasteiger partial charge is 0.490 e. The molecular formula is C37H50O15. The lowest BCUT2D eigenvalue weighted by atomic mass is 10.1. The minimum absolute atomic E-state index is 0.133. The van der Waals surface area contributed by atoms with Crippen LogP contribution >= 0.6 is 0 Å². The highest BCUT2D eigenvalue weighted by Gasteiger charge is 2.16. The summed E-state index contributed by atoms with van der Waals surface area (Å²) in [7, 11) is 0. The lowest BCUT2D eigenvalue weighted by Gasteiger charge is -2.18. The highest BCUT2D eigenvalue weighted by Crippen LogP contribution is 2.41. The van der Waals surface area contributed by atoms with Gasteiger partial charge < -0.3 is 56.8 Å². The second-order valence-corrected chi connectivity index (χ2v) is 10.1. The van der Waals surface area contributed by atoms with Crippen LogP contribution in [0.25, 0.3) is 10.8 Å². The van der Waals surface area contributed by atoms with Crippen molar-refractivity contribution in [2.24, 2.45) is 0 Å². The Balaban J connectivity index is 1.88. The summed E-state index contributed by atoms with van der Waals surface area (Å²) in [5.74, 6) is 0.0739. The van der Waals surface area contributed by atoms with E-state index in [0.717, 1.165) is 29.0 Å². The minimum atomic E-state index is -0.500. The van der Waals surface area contributed by atoms with E-state index >= 15 is 0 Å². The zero-order valence-electron chi connectivity index (χ0n) is 29.6. The third kappa shape index (κ3) is 19.8. The van der Waals surface area contributed by atoms with Crippen LogP contribution in [0.3, 0.4) is 0 Å². The number of rotatable bonds is 33. The zero-order chi connectivity index (χ0) is 37.5. The molecule has 0 radical (unpaired) electrons. The van der Waals surface area contributed by atoms with Gasteiger partial charge in [0.05, 0.1) is 79.3 Å². The first-order chi connectivity index (χ1) is 25.5. The van der Waals surface area contributed by atoms with Crippen LogP contribution in [0.5, 0.6) is 17.2 Å². The third-order valence-corrected chi connectivity index (χ3v) is 6.40. The maximum absolute atomic E-state index is 11.1. The molecule has 0 N–H and O–H groups in total. The number of benzene rings is 2. The van der Waals surface area contributed by atoms with Crippen molar-refractivity contribution in [3.63, 3.8) is 0 Å². The first kappa shape index (κ1) is 43.7. The molecule has 0 spiro atoms. The Morgan fingerprint density at radius 3 is 1.15 bits per heavy atom. The zero-order valence-corrected chi connectivity index (χ0v) is 29.6. The van der Waals surface area contributed by atoms with E-state index in [1.165, 1.54) is 0 Å². The average Bonchev–Trinajstić information content (AvgIpc) is 3.17. The Bertz CT molecular complexity index is 1350. The van der Waals surface area contributed by atoms with Gasteiger partial charge >= 0.3 is 17.9 Å². The average molecular weight is 735 g/mol. The highest BCUT2D eigenvalue weighted by molar-refractivity contribution is 5.95. The summed E-state index contributed by atoms with van der Waals surface area (Å²) in [4.78, 5) is 33.2. The molecule has 0 saturated carbocycles. The van der Waals surface area contributed by atoms with Gasteiger partial charge in [0.1, 0.15) is 45.4 Å². The topological polar surface area (TPSA) is 162 Å². The molecule has 0 bridgehead atoms. The number of carbonyl (C=O) groups excluding carboxylic acids is 3. The molecule has 0 aliphatic rings. The van der Waals surface area contributed by atoms with E-state index in [4.69, 9.17) is 56.8 Å².